The molecule has 0 aromatic heterocycles. The Morgan fingerprint density at radius 1 is 1.36 bits per heavy atom. The van der Waals surface area contributed by atoms with Crippen LogP contribution in [0.25, 0.3) is 0 Å². The zero-order chi connectivity index (χ0) is 11.0. The van der Waals surface area contributed by atoms with Crippen LogP contribution in [0.3, 0.4) is 0 Å². The summed E-state index contributed by atoms with van der Waals surface area (Å²) in [5.41, 5.74) is 4.01. The second-order valence-corrected chi connectivity index (χ2v) is 4.10. The molecule has 0 fully saturated rings. The van der Waals surface area contributed by atoms with Gasteiger partial charge in [-0.15, -0.1) is 5.73 Å². The van der Waals surface area contributed by atoms with E-state index in [0.29, 0.717) is 0 Å². The van der Waals surface area contributed by atoms with E-state index in [0.717, 1.165) is 37.5 Å². The van der Waals surface area contributed by atoms with Crippen LogP contribution < -0.4 is 0 Å². The smallest absolute Gasteiger partial charge is 0.130 e. The molecule has 0 aromatic rings. The Bertz CT molecular complexity index is 230. The second kappa shape index (κ2) is 6.62. The second-order valence-electron chi connectivity index (χ2n) is 4.10. The van der Waals surface area contributed by atoms with Crippen LogP contribution in [0.2, 0.25) is 0 Å². The average Bonchev–Trinajstić information content (AvgIpc) is 2.19. The lowest BCUT2D eigenvalue weighted by atomic mass is 9.81. The van der Waals surface area contributed by atoms with E-state index in [2.05, 4.69) is 19.6 Å². The molecule has 1 nitrogen and oxygen atoms in total. The molecule has 0 amide bonds. The molecule has 0 aliphatic carbocycles. The van der Waals surface area contributed by atoms with Crippen LogP contribution in [0, 0.1) is 5.41 Å². The Morgan fingerprint density at radius 3 is 2.36 bits per heavy atom. The van der Waals surface area contributed by atoms with Gasteiger partial charge >= 0.3 is 0 Å². The zero-order valence-corrected chi connectivity index (χ0v) is 9.89. The molecule has 0 N–H and O–H groups in total. The van der Waals surface area contributed by atoms with Crippen LogP contribution >= 0.6 is 0 Å². The number of hydrogen-bond donors (Lipinski definition) is 0. The highest BCUT2D eigenvalue weighted by atomic mass is 16.1. The van der Waals surface area contributed by atoms with E-state index < -0.39 is 0 Å². The van der Waals surface area contributed by atoms with Crippen molar-refractivity contribution >= 4 is 6.29 Å². The van der Waals surface area contributed by atoms with Crippen molar-refractivity contribution < 1.29 is 4.79 Å². The predicted octanol–water partition coefficient (Wildman–Crippen LogP) is 3.89. The summed E-state index contributed by atoms with van der Waals surface area (Å²) in [5.74, 6) is 0. The Labute approximate surface area is 87.9 Å². The number of hydrogen-bond acceptors (Lipinski definition) is 1. The van der Waals surface area contributed by atoms with Gasteiger partial charge in [0.1, 0.15) is 6.29 Å². The fourth-order valence-corrected chi connectivity index (χ4v) is 1.32. The van der Waals surface area contributed by atoms with E-state index >= 15 is 0 Å². The third-order valence-corrected chi connectivity index (χ3v) is 2.54. The molecule has 0 heterocycles. The van der Waals surface area contributed by atoms with Gasteiger partial charge in [-0.05, 0) is 38.3 Å². The molecule has 0 saturated heterocycles. The largest absolute Gasteiger partial charge is 0.302 e. The minimum Gasteiger partial charge on any atom is -0.302 e. The summed E-state index contributed by atoms with van der Waals surface area (Å²) in [6.07, 6.45) is 7.09. The van der Waals surface area contributed by atoms with Gasteiger partial charge in [0.05, 0.1) is 5.41 Å². The maximum atomic E-state index is 11.1. The summed E-state index contributed by atoms with van der Waals surface area (Å²) in [6, 6.07) is 0. The third-order valence-electron chi connectivity index (χ3n) is 2.54. The first-order chi connectivity index (χ1) is 6.60. The molecule has 0 rings (SSSR count). The summed E-state index contributed by atoms with van der Waals surface area (Å²) in [4.78, 5) is 11.1. The van der Waals surface area contributed by atoms with Crippen LogP contribution in [0.4, 0.5) is 0 Å². The molecule has 0 aromatic carbocycles. The van der Waals surface area contributed by atoms with Gasteiger partial charge in [0.25, 0.3) is 0 Å². The molecule has 0 bridgehead atoms. The third kappa shape index (κ3) is 4.43. The zero-order valence-electron chi connectivity index (χ0n) is 9.89. The fourth-order valence-electron chi connectivity index (χ4n) is 1.32. The minimum absolute atomic E-state index is 0.271. The van der Waals surface area contributed by atoms with Gasteiger partial charge in [-0.2, -0.15) is 0 Å². The fraction of sp³-hybridized carbons (Fsp3) is 0.692. The first kappa shape index (κ1) is 13.2. The SMILES string of the molecule is CCCCC(C=O)(C=C=C(C)C)CC. The maximum Gasteiger partial charge on any atom is 0.130 e. The number of carbonyl (C=O) groups is 1. The molecule has 1 heteroatoms. The number of aldehydes is 1. The van der Waals surface area contributed by atoms with Crippen molar-refractivity contribution in [2.75, 3.05) is 0 Å². The Hall–Kier alpha value is -0.810. The van der Waals surface area contributed by atoms with Gasteiger partial charge in [-0.3, -0.25) is 0 Å². The van der Waals surface area contributed by atoms with Crippen molar-refractivity contribution in [3.05, 3.63) is 17.4 Å². The molecule has 80 valence electrons. The van der Waals surface area contributed by atoms with Crippen LogP contribution in [-0.4, -0.2) is 6.29 Å². The first-order valence-electron chi connectivity index (χ1n) is 5.47. The summed E-state index contributed by atoms with van der Waals surface area (Å²) in [6.45, 7) is 8.21. The van der Waals surface area contributed by atoms with Gasteiger partial charge in [0.15, 0.2) is 0 Å². The number of unbranched alkanes of at least 4 members (excludes halogenated alkanes) is 1. The molecule has 0 aliphatic rings. The van der Waals surface area contributed by atoms with E-state index in [4.69, 9.17) is 0 Å². The van der Waals surface area contributed by atoms with Crippen molar-refractivity contribution in [2.24, 2.45) is 5.41 Å². The highest BCUT2D eigenvalue weighted by Crippen LogP contribution is 2.27. The summed E-state index contributed by atoms with van der Waals surface area (Å²) < 4.78 is 0. The maximum absolute atomic E-state index is 11.1. The lowest BCUT2D eigenvalue weighted by Gasteiger charge is -2.20. The van der Waals surface area contributed by atoms with E-state index in [1.54, 1.807) is 0 Å². The molecular formula is C13H22O. The summed E-state index contributed by atoms with van der Waals surface area (Å²) in [7, 11) is 0. The molecule has 0 aliphatic heterocycles. The van der Waals surface area contributed by atoms with E-state index in [-0.39, 0.29) is 5.41 Å². The van der Waals surface area contributed by atoms with Crippen molar-refractivity contribution in [3.8, 4) is 0 Å². The normalized spacial score (nSPS) is 14.0. The Morgan fingerprint density at radius 2 is 2.00 bits per heavy atom. The van der Waals surface area contributed by atoms with Gasteiger partial charge in [0.2, 0.25) is 0 Å². The molecule has 1 atom stereocenters. The van der Waals surface area contributed by atoms with Crippen LogP contribution in [-0.2, 0) is 4.79 Å². The van der Waals surface area contributed by atoms with Crippen molar-refractivity contribution in [3.63, 3.8) is 0 Å². The molecule has 0 spiro atoms. The summed E-state index contributed by atoms with van der Waals surface area (Å²) in [5, 5.41) is 0. The van der Waals surface area contributed by atoms with E-state index in [1.807, 2.05) is 19.9 Å². The van der Waals surface area contributed by atoms with Crippen molar-refractivity contribution in [1.29, 1.82) is 0 Å². The average molecular weight is 194 g/mol. The number of carbonyl (C=O) groups excluding carboxylic acids is 1. The Balaban J connectivity index is 4.70. The van der Waals surface area contributed by atoms with Crippen LogP contribution in [0.1, 0.15) is 53.4 Å². The predicted molar refractivity (Wildman–Crippen MR) is 61.3 cm³/mol. The van der Waals surface area contributed by atoms with Gasteiger partial charge in [0, 0.05) is 0 Å². The molecule has 14 heavy (non-hydrogen) atoms. The van der Waals surface area contributed by atoms with Gasteiger partial charge in [-0.1, -0.05) is 26.7 Å². The van der Waals surface area contributed by atoms with Gasteiger partial charge in [-0.25, -0.2) is 0 Å². The van der Waals surface area contributed by atoms with Crippen LogP contribution in [0.15, 0.2) is 17.4 Å². The number of rotatable bonds is 6. The summed E-state index contributed by atoms with van der Waals surface area (Å²) >= 11 is 0. The highest BCUT2D eigenvalue weighted by molar-refractivity contribution is 5.62. The highest BCUT2D eigenvalue weighted by Gasteiger charge is 2.23. The molecule has 0 radical (unpaired) electrons. The van der Waals surface area contributed by atoms with E-state index in [1.165, 1.54) is 0 Å². The minimum atomic E-state index is -0.271. The quantitative estimate of drug-likeness (QED) is 0.463. The topological polar surface area (TPSA) is 17.1 Å². The number of allylic oxidation sites excluding steroid dienone is 1. The Kier molecular flexibility index (Phi) is 6.23. The molecule has 0 saturated carbocycles. The van der Waals surface area contributed by atoms with Crippen LogP contribution in [0.5, 0.6) is 0 Å². The molecular weight excluding hydrogens is 172 g/mol. The molecule has 1 unspecified atom stereocenters. The van der Waals surface area contributed by atoms with E-state index in [9.17, 15) is 4.79 Å². The lowest BCUT2D eigenvalue weighted by molar-refractivity contribution is -0.114. The lowest BCUT2D eigenvalue weighted by Crippen LogP contribution is -2.18. The van der Waals surface area contributed by atoms with Crippen molar-refractivity contribution in [2.45, 2.75) is 53.4 Å². The van der Waals surface area contributed by atoms with Crippen molar-refractivity contribution in [1.82, 2.24) is 0 Å². The van der Waals surface area contributed by atoms with Gasteiger partial charge < -0.3 is 4.79 Å². The first-order valence-corrected chi connectivity index (χ1v) is 5.47. The monoisotopic (exact) mass is 194 g/mol. The standard InChI is InChI=1S/C13H22O/c1-5-7-9-13(6-2,11-14)10-8-12(3)4/h10-11H,5-7,9H2,1-4H3.